The van der Waals surface area contributed by atoms with E-state index in [2.05, 4.69) is 5.32 Å². The van der Waals surface area contributed by atoms with Crippen LogP contribution in [0.25, 0.3) is 0 Å². The smallest absolute Gasteiger partial charge is 0.307 e. The van der Waals surface area contributed by atoms with Crippen LogP contribution in [0, 0.1) is 11.8 Å². The second kappa shape index (κ2) is 6.76. The van der Waals surface area contributed by atoms with Crippen molar-refractivity contribution >= 4 is 11.9 Å². The molecule has 0 bridgehead atoms. The van der Waals surface area contributed by atoms with Gasteiger partial charge in [0.1, 0.15) is 5.76 Å². The van der Waals surface area contributed by atoms with Crippen LogP contribution in [0.1, 0.15) is 31.1 Å². The zero-order valence-electron chi connectivity index (χ0n) is 12.4. The minimum Gasteiger partial charge on any atom is -0.481 e. The quantitative estimate of drug-likeness (QED) is 0.831. The number of likely N-dealkylation sites (N-methyl/N-ethyl adjacent to an activating group) is 1. The molecule has 1 heterocycles. The van der Waals surface area contributed by atoms with Gasteiger partial charge in [-0.2, -0.15) is 0 Å². The molecule has 2 rings (SSSR count). The lowest BCUT2D eigenvalue weighted by Crippen LogP contribution is -2.39. The van der Waals surface area contributed by atoms with Gasteiger partial charge in [-0.3, -0.25) is 14.5 Å². The number of nitrogens with zero attached hydrogens (tertiary/aromatic N) is 1. The summed E-state index contributed by atoms with van der Waals surface area (Å²) in [6, 6.07) is 3.62. The van der Waals surface area contributed by atoms with E-state index in [1.54, 1.807) is 6.26 Å². The van der Waals surface area contributed by atoms with Crippen molar-refractivity contribution in [2.75, 3.05) is 20.6 Å². The van der Waals surface area contributed by atoms with Crippen LogP contribution in [0.5, 0.6) is 0 Å². The molecule has 116 valence electrons. The molecular formula is C15H22N2O4. The van der Waals surface area contributed by atoms with Gasteiger partial charge in [0.15, 0.2) is 0 Å². The Labute approximate surface area is 124 Å². The molecule has 1 aromatic rings. The van der Waals surface area contributed by atoms with Crippen LogP contribution in [0.2, 0.25) is 0 Å². The molecule has 0 aromatic carbocycles. The average Bonchev–Trinajstić information content (AvgIpc) is 3.09. The Morgan fingerprint density at radius 3 is 2.71 bits per heavy atom. The van der Waals surface area contributed by atoms with Gasteiger partial charge < -0.3 is 14.8 Å². The van der Waals surface area contributed by atoms with E-state index in [-0.39, 0.29) is 11.9 Å². The second-order valence-corrected chi connectivity index (χ2v) is 5.72. The molecule has 3 unspecified atom stereocenters. The van der Waals surface area contributed by atoms with E-state index in [1.165, 1.54) is 0 Å². The largest absolute Gasteiger partial charge is 0.481 e. The number of carbonyl (C=O) groups excluding carboxylic acids is 1. The molecule has 1 aromatic heterocycles. The van der Waals surface area contributed by atoms with Gasteiger partial charge in [0.2, 0.25) is 5.91 Å². The van der Waals surface area contributed by atoms with Gasteiger partial charge in [-0.25, -0.2) is 0 Å². The molecule has 1 aliphatic carbocycles. The topological polar surface area (TPSA) is 82.8 Å². The lowest BCUT2D eigenvalue weighted by atomic mass is 9.95. The number of carbonyl (C=O) groups is 2. The van der Waals surface area contributed by atoms with Crippen molar-refractivity contribution in [2.45, 2.75) is 25.3 Å². The summed E-state index contributed by atoms with van der Waals surface area (Å²) in [4.78, 5) is 25.3. The third-order valence-electron chi connectivity index (χ3n) is 4.13. The Morgan fingerprint density at radius 1 is 1.43 bits per heavy atom. The predicted molar refractivity (Wildman–Crippen MR) is 76.6 cm³/mol. The third-order valence-corrected chi connectivity index (χ3v) is 4.13. The van der Waals surface area contributed by atoms with Gasteiger partial charge >= 0.3 is 5.97 Å². The highest BCUT2D eigenvalue weighted by atomic mass is 16.4. The highest BCUT2D eigenvalue weighted by Gasteiger charge is 2.37. The van der Waals surface area contributed by atoms with Gasteiger partial charge in [-0.05, 0) is 39.1 Å². The van der Waals surface area contributed by atoms with Crippen molar-refractivity contribution in [3.63, 3.8) is 0 Å². The first-order valence-electron chi connectivity index (χ1n) is 7.21. The summed E-state index contributed by atoms with van der Waals surface area (Å²) in [7, 11) is 3.82. The average molecular weight is 294 g/mol. The summed E-state index contributed by atoms with van der Waals surface area (Å²) in [6.07, 6.45) is 3.63. The van der Waals surface area contributed by atoms with E-state index in [4.69, 9.17) is 9.52 Å². The zero-order chi connectivity index (χ0) is 15.4. The number of carboxylic acid groups (broad SMARTS) is 1. The van der Waals surface area contributed by atoms with Gasteiger partial charge in [0, 0.05) is 6.54 Å². The normalized spacial score (nSPS) is 23.2. The Kier molecular flexibility index (Phi) is 5.01. The number of rotatable bonds is 6. The van der Waals surface area contributed by atoms with Crippen molar-refractivity contribution in [3.05, 3.63) is 24.2 Å². The maximum atomic E-state index is 12.2. The minimum atomic E-state index is -0.872. The fraction of sp³-hybridized carbons (Fsp3) is 0.600. The highest BCUT2D eigenvalue weighted by Crippen LogP contribution is 2.32. The number of hydrogen-bond donors (Lipinski definition) is 2. The van der Waals surface area contributed by atoms with Crippen LogP contribution in [-0.4, -0.2) is 42.5 Å². The molecule has 1 amide bonds. The molecule has 2 N–H and O–H groups in total. The molecule has 1 saturated carbocycles. The molecule has 0 spiro atoms. The molecule has 1 aliphatic rings. The monoisotopic (exact) mass is 294 g/mol. The van der Waals surface area contributed by atoms with E-state index in [0.29, 0.717) is 19.4 Å². The number of furan rings is 1. The molecule has 6 heteroatoms. The fourth-order valence-electron chi connectivity index (χ4n) is 2.92. The lowest BCUT2D eigenvalue weighted by molar-refractivity contribution is -0.146. The van der Waals surface area contributed by atoms with Crippen LogP contribution < -0.4 is 5.32 Å². The number of aliphatic carboxylic acids is 1. The highest BCUT2D eigenvalue weighted by molar-refractivity contribution is 5.85. The van der Waals surface area contributed by atoms with Gasteiger partial charge in [0.25, 0.3) is 0 Å². The predicted octanol–water partition coefficient (Wildman–Crippen LogP) is 1.50. The second-order valence-electron chi connectivity index (χ2n) is 5.72. The van der Waals surface area contributed by atoms with E-state index < -0.39 is 17.8 Å². The number of hydrogen-bond acceptors (Lipinski definition) is 4. The molecular weight excluding hydrogens is 272 g/mol. The number of amides is 1. The van der Waals surface area contributed by atoms with Gasteiger partial charge in [-0.1, -0.05) is 6.42 Å². The van der Waals surface area contributed by atoms with E-state index in [1.807, 2.05) is 31.1 Å². The standard InChI is InChI=1S/C15H22N2O4/c1-17(2)12(13-7-4-8-21-13)9-16-14(18)10-5-3-6-11(10)15(19)20/h4,7-8,10-12H,3,5-6,9H2,1-2H3,(H,16,18)(H,19,20). The van der Waals surface area contributed by atoms with Crippen molar-refractivity contribution in [1.29, 1.82) is 0 Å². The minimum absolute atomic E-state index is 0.0615. The Morgan fingerprint density at radius 2 is 2.14 bits per heavy atom. The summed E-state index contributed by atoms with van der Waals surface area (Å²) in [6.45, 7) is 0.405. The van der Waals surface area contributed by atoms with Crippen molar-refractivity contribution in [2.24, 2.45) is 11.8 Å². The molecule has 0 saturated heterocycles. The summed E-state index contributed by atoms with van der Waals surface area (Å²) in [5.41, 5.74) is 0. The molecule has 0 aliphatic heterocycles. The Bertz CT molecular complexity index is 484. The number of nitrogens with one attached hydrogen (secondary N) is 1. The van der Waals surface area contributed by atoms with Crippen molar-refractivity contribution < 1.29 is 19.1 Å². The fourth-order valence-corrected chi connectivity index (χ4v) is 2.92. The third kappa shape index (κ3) is 3.64. The van der Waals surface area contributed by atoms with Crippen LogP contribution in [0.3, 0.4) is 0 Å². The Balaban J connectivity index is 1.95. The first-order chi connectivity index (χ1) is 10.0. The maximum Gasteiger partial charge on any atom is 0.307 e. The summed E-state index contributed by atoms with van der Waals surface area (Å²) < 4.78 is 5.39. The van der Waals surface area contributed by atoms with Crippen molar-refractivity contribution in [1.82, 2.24) is 10.2 Å². The Hall–Kier alpha value is -1.82. The van der Waals surface area contributed by atoms with Crippen LogP contribution in [0.4, 0.5) is 0 Å². The van der Waals surface area contributed by atoms with Crippen LogP contribution in [0.15, 0.2) is 22.8 Å². The maximum absolute atomic E-state index is 12.2. The molecule has 21 heavy (non-hydrogen) atoms. The molecule has 3 atom stereocenters. The van der Waals surface area contributed by atoms with Crippen molar-refractivity contribution in [3.8, 4) is 0 Å². The zero-order valence-corrected chi connectivity index (χ0v) is 12.4. The SMILES string of the molecule is CN(C)C(CNC(=O)C1CCCC1C(=O)O)c1ccco1. The van der Waals surface area contributed by atoms with E-state index >= 15 is 0 Å². The van der Waals surface area contributed by atoms with E-state index in [9.17, 15) is 9.59 Å². The summed E-state index contributed by atoms with van der Waals surface area (Å²) >= 11 is 0. The molecule has 1 fully saturated rings. The molecule has 6 nitrogen and oxygen atoms in total. The lowest BCUT2D eigenvalue weighted by Gasteiger charge is -2.24. The van der Waals surface area contributed by atoms with E-state index in [0.717, 1.165) is 12.2 Å². The van der Waals surface area contributed by atoms with Gasteiger partial charge in [0.05, 0.1) is 24.1 Å². The van der Waals surface area contributed by atoms with Gasteiger partial charge in [-0.15, -0.1) is 0 Å². The summed E-state index contributed by atoms with van der Waals surface area (Å²) in [5, 5.41) is 12.0. The van der Waals surface area contributed by atoms with Crippen LogP contribution >= 0.6 is 0 Å². The first kappa shape index (κ1) is 15.6. The summed E-state index contributed by atoms with van der Waals surface area (Å²) in [5.74, 6) is -1.23. The van der Waals surface area contributed by atoms with Crippen LogP contribution in [-0.2, 0) is 9.59 Å². The first-order valence-corrected chi connectivity index (χ1v) is 7.21. The molecule has 0 radical (unpaired) electrons. The number of carboxylic acids is 1.